The van der Waals surface area contributed by atoms with Crippen LogP contribution in [0.3, 0.4) is 0 Å². The van der Waals surface area contributed by atoms with Crippen LogP contribution in [0.1, 0.15) is 17.3 Å². The molecule has 0 saturated heterocycles. The van der Waals surface area contributed by atoms with E-state index in [9.17, 15) is 9.59 Å². The number of aromatic nitrogens is 3. The molecule has 0 aliphatic rings. The third-order valence-corrected chi connectivity index (χ3v) is 3.66. The van der Waals surface area contributed by atoms with Crippen LogP contribution in [0, 0.1) is 0 Å². The lowest BCUT2D eigenvalue weighted by molar-refractivity contribution is 0.0693. The van der Waals surface area contributed by atoms with E-state index in [4.69, 9.17) is 10.8 Å². The number of rotatable bonds is 4. The molecule has 1 heterocycles. The van der Waals surface area contributed by atoms with Crippen molar-refractivity contribution in [2.45, 2.75) is 23.5 Å². The molecule has 1 aromatic heterocycles. The SMILES string of the molecule is CCn1c(Sc2c(N)cccc2C(=O)O)n[nH]c1=O. The topological polar surface area (TPSA) is 114 Å². The number of aromatic carboxylic acids is 1. The number of anilines is 1. The Kier molecular flexibility index (Phi) is 3.61. The van der Waals surface area contributed by atoms with Gasteiger partial charge < -0.3 is 10.8 Å². The smallest absolute Gasteiger partial charge is 0.343 e. The molecular weight excluding hydrogens is 268 g/mol. The van der Waals surface area contributed by atoms with E-state index >= 15 is 0 Å². The van der Waals surface area contributed by atoms with Crippen molar-refractivity contribution in [2.24, 2.45) is 0 Å². The number of nitrogens with one attached hydrogen (secondary N) is 1. The molecule has 0 aliphatic carbocycles. The van der Waals surface area contributed by atoms with Crippen LogP contribution in [0.5, 0.6) is 0 Å². The second-order valence-electron chi connectivity index (χ2n) is 3.69. The second-order valence-corrected chi connectivity index (χ2v) is 4.66. The Labute approximate surface area is 112 Å². The van der Waals surface area contributed by atoms with E-state index in [0.717, 1.165) is 11.8 Å². The van der Waals surface area contributed by atoms with Gasteiger partial charge in [0.25, 0.3) is 0 Å². The van der Waals surface area contributed by atoms with Crippen LogP contribution in [-0.2, 0) is 6.54 Å². The largest absolute Gasteiger partial charge is 0.478 e. The molecule has 0 saturated carbocycles. The van der Waals surface area contributed by atoms with E-state index in [-0.39, 0.29) is 11.3 Å². The van der Waals surface area contributed by atoms with Crippen molar-refractivity contribution in [1.29, 1.82) is 0 Å². The monoisotopic (exact) mass is 280 g/mol. The summed E-state index contributed by atoms with van der Waals surface area (Å²) < 4.78 is 1.41. The number of hydrogen-bond donors (Lipinski definition) is 3. The molecule has 7 nitrogen and oxygen atoms in total. The predicted molar refractivity (Wildman–Crippen MR) is 70.5 cm³/mol. The zero-order valence-electron chi connectivity index (χ0n) is 10.1. The molecule has 0 bridgehead atoms. The van der Waals surface area contributed by atoms with Crippen molar-refractivity contribution in [3.05, 3.63) is 34.2 Å². The number of nitrogens with two attached hydrogens (primary N) is 1. The van der Waals surface area contributed by atoms with Crippen LogP contribution in [0.25, 0.3) is 0 Å². The highest BCUT2D eigenvalue weighted by molar-refractivity contribution is 7.99. The quantitative estimate of drug-likeness (QED) is 0.720. The van der Waals surface area contributed by atoms with Gasteiger partial charge in [0.1, 0.15) is 0 Å². The fourth-order valence-corrected chi connectivity index (χ4v) is 2.64. The van der Waals surface area contributed by atoms with Crippen LogP contribution in [-0.4, -0.2) is 25.8 Å². The van der Waals surface area contributed by atoms with Gasteiger partial charge in [-0.05, 0) is 30.8 Å². The number of carboxylic acid groups (broad SMARTS) is 1. The molecule has 0 fully saturated rings. The first-order valence-corrected chi connectivity index (χ1v) is 6.31. The first-order valence-electron chi connectivity index (χ1n) is 5.49. The molecular formula is C11H12N4O3S. The zero-order chi connectivity index (χ0) is 14.0. The third-order valence-electron chi connectivity index (χ3n) is 2.51. The van der Waals surface area contributed by atoms with E-state index in [1.165, 1.54) is 10.6 Å². The molecule has 8 heteroatoms. The highest BCUT2D eigenvalue weighted by atomic mass is 32.2. The van der Waals surface area contributed by atoms with E-state index < -0.39 is 5.97 Å². The van der Waals surface area contributed by atoms with Gasteiger partial charge in [-0.3, -0.25) is 4.57 Å². The van der Waals surface area contributed by atoms with Crippen LogP contribution in [0.2, 0.25) is 0 Å². The lowest BCUT2D eigenvalue weighted by Crippen LogP contribution is -2.16. The van der Waals surface area contributed by atoms with Gasteiger partial charge in [0.15, 0.2) is 5.16 Å². The van der Waals surface area contributed by atoms with Crippen molar-refractivity contribution in [3.8, 4) is 0 Å². The molecule has 0 spiro atoms. The molecule has 0 atom stereocenters. The van der Waals surface area contributed by atoms with Crippen molar-refractivity contribution >= 4 is 23.4 Å². The first kappa shape index (κ1) is 13.2. The Morgan fingerprint density at radius 3 is 2.95 bits per heavy atom. The van der Waals surface area contributed by atoms with Gasteiger partial charge in [-0.2, -0.15) is 0 Å². The van der Waals surface area contributed by atoms with E-state index in [2.05, 4.69) is 10.2 Å². The minimum absolute atomic E-state index is 0.0862. The van der Waals surface area contributed by atoms with E-state index in [1.807, 2.05) is 0 Å². The molecule has 0 amide bonds. The number of carboxylic acids is 1. The second kappa shape index (κ2) is 5.19. The van der Waals surface area contributed by atoms with E-state index in [1.54, 1.807) is 19.1 Å². The van der Waals surface area contributed by atoms with Gasteiger partial charge in [-0.25, -0.2) is 14.7 Å². The minimum Gasteiger partial charge on any atom is -0.478 e. The Morgan fingerprint density at radius 2 is 2.32 bits per heavy atom. The summed E-state index contributed by atoms with van der Waals surface area (Å²) in [4.78, 5) is 23.0. The minimum atomic E-state index is -1.07. The zero-order valence-corrected chi connectivity index (χ0v) is 10.9. The third kappa shape index (κ3) is 2.48. The van der Waals surface area contributed by atoms with Crippen LogP contribution in [0.4, 0.5) is 5.69 Å². The number of nitrogens with zero attached hydrogens (tertiary/aromatic N) is 2. The Balaban J connectivity index is 2.49. The summed E-state index contributed by atoms with van der Waals surface area (Å²) in [5, 5.41) is 15.7. The summed E-state index contributed by atoms with van der Waals surface area (Å²) in [6.07, 6.45) is 0. The first-order chi connectivity index (χ1) is 9.04. The maximum atomic E-state index is 11.4. The van der Waals surface area contributed by atoms with Crippen LogP contribution >= 0.6 is 11.8 Å². The number of nitrogen functional groups attached to an aromatic ring is 1. The van der Waals surface area contributed by atoms with Gasteiger partial charge in [0.2, 0.25) is 0 Å². The fourth-order valence-electron chi connectivity index (χ4n) is 1.59. The number of benzene rings is 1. The number of carbonyl (C=O) groups is 1. The highest BCUT2D eigenvalue weighted by Gasteiger charge is 2.17. The molecule has 0 unspecified atom stereocenters. The maximum Gasteiger partial charge on any atom is 0.343 e. The van der Waals surface area contributed by atoms with Crippen LogP contribution < -0.4 is 11.4 Å². The van der Waals surface area contributed by atoms with Crippen molar-refractivity contribution in [1.82, 2.24) is 14.8 Å². The molecule has 1 aromatic carbocycles. The molecule has 0 aliphatic heterocycles. The van der Waals surface area contributed by atoms with Crippen molar-refractivity contribution in [3.63, 3.8) is 0 Å². The average Bonchev–Trinajstić information content (AvgIpc) is 2.72. The lowest BCUT2D eigenvalue weighted by atomic mass is 10.2. The summed E-state index contributed by atoms with van der Waals surface area (Å²) >= 11 is 1.06. The summed E-state index contributed by atoms with van der Waals surface area (Å²) in [7, 11) is 0. The fraction of sp³-hybridized carbons (Fsp3) is 0.182. The Morgan fingerprint density at radius 1 is 1.58 bits per heavy atom. The van der Waals surface area contributed by atoms with Gasteiger partial charge >= 0.3 is 11.7 Å². The highest BCUT2D eigenvalue weighted by Crippen LogP contribution is 2.33. The van der Waals surface area contributed by atoms with Gasteiger partial charge in [0.05, 0.1) is 10.5 Å². The number of aromatic amines is 1. The normalized spacial score (nSPS) is 10.6. The van der Waals surface area contributed by atoms with Crippen molar-refractivity contribution < 1.29 is 9.90 Å². The lowest BCUT2D eigenvalue weighted by Gasteiger charge is -2.08. The average molecular weight is 280 g/mol. The Bertz CT molecular complexity index is 677. The summed E-state index contributed by atoms with van der Waals surface area (Å²) in [5.41, 5.74) is 5.88. The summed E-state index contributed by atoms with van der Waals surface area (Å²) in [6, 6.07) is 4.64. The Hall–Kier alpha value is -2.22. The van der Waals surface area contributed by atoms with Gasteiger partial charge in [0, 0.05) is 12.2 Å². The summed E-state index contributed by atoms with van der Waals surface area (Å²) in [5.74, 6) is -1.07. The molecule has 0 radical (unpaired) electrons. The molecule has 4 N–H and O–H groups in total. The number of H-pyrrole nitrogens is 1. The predicted octanol–water partition coefficient (Wildman–Crippen LogP) is 1.02. The number of hydrogen-bond acceptors (Lipinski definition) is 5. The van der Waals surface area contributed by atoms with Gasteiger partial charge in [-0.15, -0.1) is 5.10 Å². The standard InChI is InChI=1S/C11H12N4O3S/c1-2-15-10(18)13-14-11(15)19-8-6(9(16)17)4-3-5-7(8)12/h3-5H,2,12H2,1H3,(H,13,18)(H,16,17). The van der Waals surface area contributed by atoms with Crippen LogP contribution in [0.15, 0.2) is 33.0 Å². The molecule has 19 heavy (non-hydrogen) atoms. The maximum absolute atomic E-state index is 11.4. The molecule has 2 rings (SSSR count). The molecule has 2 aromatic rings. The van der Waals surface area contributed by atoms with Gasteiger partial charge in [-0.1, -0.05) is 6.07 Å². The molecule has 100 valence electrons. The van der Waals surface area contributed by atoms with Crippen molar-refractivity contribution in [2.75, 3.05) is 5.73 Å². The van der Waals surface area contributed by atoms with E-state index in [0.29, 0.717) is 22.3 Å². The summed E-state index contributed by atoms with van der Waals surface area (Å²) in [6.45, 7) is 2.24.